The topological polar surface area (TPSA) is 78.9 Å². The Morgan fingerprint density at radius 3 is 0.824 bits per heavy atom. The number of hydrogen-bond acceptors (Lipinski definition) is 6. The molecule has 0 aromatic heterocycles. The van der Waals surface area contributed by atoms with Gasteiger partial charge in [0.15, 0.2) is 6.10 Å². The predicted molar refractivity (Wildman–Crippen MR) is 321 cm³/mol. The fourth-order valence-corrected chi connectivity index (χ4v) is 8.95. The van der Waals surface area contributed by atoms with E-state index >= 15 is 0 Å². The van der Waals surface area contributed by atoms with E-state index in [0.29, 0.717) is 19.3 Å². The molecule has 426 valence electrons. The highest BCUT2D eigenvalue weighted by Gasteiger charge is 2.19. The minimum absolute atomic E-state index is 0.0724. The van der Waals surface area contributed by atoms with E-state index in [-0.39, 0.29) is 31.1 Å². The molecular formula is C68H118O6. The molecule has 0 heterocycles. The molecule has 0 amide bonds. The van der Waals surface area contributed by atoms with E-state index < -0.39 is 6.10 Å². The molecule has 0 rings (SSSR count). The zero-order chi connectivity index (χ0) is 53.6. The van der Waals surface area contributed by atoms with Gasteiger partial charge in [-0.25, -0.2) is 0 Å². The number of unbranched alkanes of at least 4 members (excludes halogenated alkanes) is 32. The van der Waals surface area contributed by atoms with Gasteiger partial charge in [0, 0.05) is 19.3 Å². The Hall–Kier alpha value is -3.41. The third kappa shape index (κ3) is 59.5. The maximum atomic E-state index is 12.8. The van der Waals surface area contributed by atoms with Crippen molar-refractivity contribution < 1.29 is 28.6 Å². The largest absolute Gasteiger partial charge is 0.462 e. The van der Waals surface area contributed by atoms with Crippen LogP contribution in [-0.2, 0) is 28.6 Å². The van der Waals surface area contributed by atoms with Gasteiger partial charge >= 0.3 is 17.9 Å². The minimum atomic E-state index is -0.771. The smallest absolute Gasteiger partial charge is 0.306 e. The summed E-state index contributed by atoms with van der Waals surface area (Å²) >= 11 is 0. The van der Waals surface area contributed by atoms with Crippen LogP contribution in [0.3, 0.4) is 0 Å². The van der Waals surface area contributed by atoms with E-state index in [2.05, 4.69) is 106 Å². The van der Waals surface area contributed by atoms with Gasteiger partial charge in [0.05, 0.1) is 0 Å². The van der Waals surface area contributed by atoms with Crippen molar-refractivity contribution >= 4 is 17.9 Å². The SMILES string of the molecule is CC/C=C\C/C=C\C/C=C\C/C=C\C/C=C\C/C=C\C/C=C\CCCCCCCCCCCCCC(=O)OCC(COC(=O)CCCCCCCCC)OC(=O)CCCCCCCCCCCCCCCCCC. The summed E-state index contributed by atoms with van der Waals surface area (Å²) in [6, 6.07) is 0. The molecule has 0 fully saturated rings. The van der Waals surface area contributed by atoms with Crippen molar-refractivity contribution in [2.24, 2.45) is 0 Å². The quantitative estimate of drug-likeness (QED) is 0.0261. The highest BCUT2D eigenvalue weighted by molar-refractivity contribution is 5.71. The summed E-state index contributed by atoms with van der Waals surface area (Å²) in [4.78, 5) is 38.0. The van der Waals surface area contributed by atoms with E-state index in [1.807, 2.05) is 0 Å². The molecule has 0 aromatic rings. The molecule has 0 spiro atoms. The van der Waals surface area contributed by atoms with E-state index in [1.165, 1.54) is 167 Å². The molecule has 0 N–H and O–H groups in total. The average Bonchev–Trinajstić information content (AvgIpc) is 3.40. The normalized spacial score (nSPS) is 12.6. The van der Waals surface area contributed by atoms with Gasteiger partial charge in [-0.05, 0) is 77.0 Å². The van der Waals surface area contributed by atoms with Crippen molar-refractivity contribution in [1.82, 2.24) is 0 Å². The van der Waals surface area contributed by atoms with Gasteiger partial charge in [-0.3, -0.25) is 14.4 Å². The van der Waals surface area contributed by atoms with Crippen molar-refractivity contribution in [3.63, 3.8) is 0 Å². The maximum Gasteiger partial charge on any atom is 0.306 e. The fraction of sp³-hybridized carbons (Fsp3) is 0.750. The van der Waals surface area contributed by atoms with Gasteiger partial charge in [-0.2, -0.15) is 0 Å². The van der Waals surface area contributed by atoms with E-state index in [9.17, 15) is 14.4 Å². The van der Waals surface area contributed by atoms with E-state index in [4.69, 9.17) is 14.2 Å². The maximum absolute atomic E-state index is 12.8. The van der Waals surface area contributed by atoms with Crippen LogP contribution in [0.15, 0.2) is 85.1 Å². The average molecular weight is 1030 g/mol. The summed E-state index contributed by atoms with van der Waals surface area (Å²) in [7, 11) is 0. The zero-order valence-electron chi connectivity index (χ0n) is 48.8. The van der Waals surface area contributed by atoms with Crippen LogP contribution in [0, 0.1) is 0 Å². The molecule has 6 nitrogen and oxygen atoms in total. The third-order valence-electron chi connectivity index (χ3n) is 13.7. The Morgan fingerprint density at radius 2 is 0.527 bits per heavy atom. The van der Waals surface area contributed by atoms with Crippen molar-refractivity contribution in [3.8, 4) is 0 Å². The fourth-order valence-electron chi connectivity index (χ4n) is 8.95. The lowest BCUT2D eigenvalue weighted by atomic mass is 10.0. The Balaban J connectivity index is 4.07. The van der Waals surface area contributed by atoms with Gasteiger partial charge in [0.2, 0.25) is 0 Å². The highest BCUT2D eigenvalue weighted by Crippen LogP contribution is 2.17. The first-order valence-corrected chi connectivity index (χ1v) is 31.6. The molecule has 1 atom stereocenters. The number of ether oxygens (including phenoxy) is 3. The number of allylic oxidation sites excluding steroid dienone is 14. The number of esters is 3. The molecule has 6 heteroatoms. The Kier molecular flexibility index (Phi) is 59.3. The lowest BCUT2D eigenvalue weighted by Crippen LogP contribution is -2.30. The Bertz CT molecular complexity index is 1420. The molecule has 1 unspecified atom stereocenters. The van der Waals surface area contributed by atoms with Gasteiger partial charge in [0.25, 0.3) is 0 Å². The molecule has 0 aliphatic carbocycles. The standard InChI is InChI=1S/C68H118O6/c1-4-7-10-13-16-18-20-22-24-26-27-28-29-30-31-32-33-34-35-36-37-38-39-40-41-42-44-45-47-49-52-55-58-61-67(70)73-64-65(63-72-66(69)60-57-54-51-15-12-9-6-3)74-68(71)62-59-56-53-50-48-46-43-25-23-21-19-17-14-11-8-5-2/h7,10,16,18,22,24,27-28,30-31,33-34,36-37,65H,4-6,8-9,11-15,17,19-21,23,25-26,29,32,35,38-64H2,1-3H3/b10-7-,18-16-,24-22-,28-27-,31-30-,34-33-,37-36-. The summed E-state index contributed by atoms with van der Waals surface area (Å²) in [6.07, 6.45) is 81.9. The van der Waals surface area contributed by atoms with Gasteiger partial charge < -0.3 is 14.2 Å². The molecule has 74 heavy (non-hydrogen) atoms. The first-order chi connectivity index (χ1) is 36.5. The Labute approximate surface area is 458 Å². The molecular weight excluding hydrogens is 913 g/mol. The lowest BCUT2D eigenvalue weighted by molar-refractivity contribution is -0.167. The van der Waals surface area contributed by atoms with Crippen LogP contribution < -0.4 is 0 Å². The van der Waals surface area contributed by atoms with E-state index in [0.717, 1.165) is 103 Å². The van der Waals surface area contributed by atoms with Crippen LogP contribution in [-0.4, -0.2) is 37.2 Å². The summed E-state index contributed by atoms with van der Waals surface area (Å²) < 4.78 is 16.8. The molecule has 0 saturated heterocycles. The Morgan fingerprint density at radius 1 is 0.284 bits per heavy atom. The molecule has 0 aliphatic rings. The van der Waals surface area contributed by atoms with Crippen LogP contribution in [0.25, 0.3) is 0 Å². The summed E-state index contributed by atoms with van der Waals surface area (Å²) in [5, 5.41) is 0. The minimum Gasteiger partial charge on any atom is -0.462 e. The molecule has 0 aromatic carbocycles. The van der Waals surface area contributed by atoms with Crippen LogP contribution in [0.5, 0.6) is 0 Å². The molecule has 0 aliphatic heterocycles. The number of carbonyl (C=O) groups is 3. The summed E-state index contributed by atoms with van der Waals surface area (Å²) in [5.74, 6) is -0.870. The molecule has 0 saturated carbocycles. The van der Waals surface area contributed by atoms with Crippen molar-refractivity contribution in [2.45, 2.75) is 316 Å². The van der Waals surface area contributed by atoms with Crippen molar-refractivity contribution in [2.75, 3.05) is 13.2 Å². The number of rotatable bonds is 57. The molecule has 0 radical (unpaired) electrons. The number of hydrogen-bond donors (Lipinski definition) is 0. The first kappa shape index (κ1) is 70.6. The zero-order valence-corrected chi connectivity index (χ0v) is 48.8. The summed E-state index contributed by atoms with van der Waals surface area (Å²) in [6.45, 7) is 6.51. The lowest BCUT2D eigenvalue weighted by Gasteiger charge is -2.18. The summed E-state index contributed by atoms with van der Waals surface area (Å²) in [5.41, 5.74) is 0. The van der Waals surface area contributed by atoms with Gasteiger partial charge in [-0.15, -0.1) is 0 Å². The van der Waals surface area contributed by atoms with E-state index in [1.54, 1.807) is 0 Å². The van der Waals surface area contributed by atoms with Crippen molar-refractivity contribution in [3.05, 3.63) is 85.1 Å². The second kappa shape index (κ2) is 62.1. The van der Waals surface area contributed by atoms with Gasteiger partial charge in [0.1, 0.15) is 13.2 Å². The van der Waals surface area contributed by atoms with Crippen molar-refractivity contribution in [1.29, 1.82) is 0 Å². The second-order valence-corrected chi connectivity index (χ2v) is 21.0. The third-order valence-corrected chi connectivity index (χ3v) is 13.7. The van der Waals surface area contributed by atoms with Crippen LogP contribution in [0.4, 0.5) is 0 Å². The molecule has 0 bridgehead atoms. The second-order valence-electron chi connectivity index (χ2n) is 21.0. The number of carbonyl (C=O) groups excluding carboxylic acids is 3. The monoisotopic (exact) mass is 1030 g/mol. The first-order valence-electron chi connectivity index (χ1n) is 31.6. The highest BCUT2D eigenvalue weighted by atomic mass is 16.6. The predicted octanol–water partition coefficient (Wildman–Crippen LogP) is 21.5. The van der Waals surface area contributed by atoms with Gasteiger partial charge in [-0.1, -0.05) is 298 Å². The van der Waals surface area contributed by atoms with Crippen LogP contribution in [0.2, 0.25) is 0 Å². The van der Waals surface area contributed by atoms with Crippen LogP contribution >= 0.6 is 0 Å². The van der Waals surface area contributed by atoms with Crippen LogP contribution in [0.1, 0.15) is 310 Å².